The smallest absolute Gasteiger partial charge is 0.417 e. The number of imide groups is 1. The molecule has 2 aromatic carbocycles. The minimum atomic E-state index is -1.40. The van der Waals surface area contributed by atoms with Crippen LogP contribution < -0.4 is 0 Å². The van der Waals surface area contributed by atoms with Crippen molar-refractivity contribution in [3.05, 3.63) is 95.8 Å². The lowest BCUT2D eigenvalue weighted by Crippen LogP contribution is -2.61. The first-order chi connectivity index (χ1) is 25.5. The molecule has 2 amide bonds. The molecular weight excluding hydrogens is 686 g/mol. The van der Waals surface area contributed by atoms with E-state index in [1.54, 1.807) is 19.9 Å². The number of aliphatic hydroxyl groups is 1. The van der Waals surface area contributed by atoms with Gasteiger partial charge in [-0.15, -0.1) is 0 Å². The molecule has 2 aromatic rings. The molecule has 53 heavy (non-hydrogen) atoms. The van der Waals surface area contributed by atoms with Crippen LogP contribution >= 0.6 is 0 Å². The summed E-state index contributed by atoms with van der Waals surface area (Å²) in [6.07, 6.45) is -2.42. The second kappa shape index (κ2) is 18.4. The quantitative estimate of drug-likeness (QED) is 0.242. The third-order valence-corrected chi connectivity index (χ3v) is 9.48. The van der Waals surface area contributed by atoms with Crippen molar-refractivity contribution in [1.29, 1.82) is 0 Å². The molecule has 13 heteroatoms. The molecule has 0 spiro atoms. The summed E-state index contributed by atoms with van der Waals surface area (Å²) in [6, 6.07) is 18.8. The number of rotatable bonds is 16. The highest BCUT2D eigenvalue weighted by molar-refractivity contribution is 6.03. The molecule has 3 aliphatic rings. The Morgan fingerprint density at radius 1 is 0.906 bits per heavy atom. The summed E-state index contributed by atoms with van der Waals surface area (Å²) in [5.41, 5.74) is 0.968. The van der Waals surface area contributed by atoms with E-state index < -0.39 is 72.3 Å². The number of ether oxygens (including phenoxy) is 8. The van der Waals surface area contributed by atoms with Crippen molar-refractivity contribution < 1.29 is 57.4 Å². The highest BCUT2D eigenvalue weighted by atomic mass is 16.7. The number of ketones is 1. The molecule has 3 heterocycles. The van der Waals surface area contributed by atoms with Crippen LogP contribution in [0.2, 0.25) is 0 Å². The van der Waals surface area contributed by atoms with Crippen LogP contribution in [0.5, 0.6) is 0 Å². The maximum Gasteiger partial charge on any atom is 0.417 e. The Hall–Kier alpha value is -3.95. The molecule has 1 N–H and O–H groups in total. The van der Waals surface area contributed by atoms with Gasteiger partial charge in [0.15, 0.2) is 24.3 Å². The lowest BCUT2D eigenvalue weighted by molar-refractivity contribution is -0.319. The van der Waals surface area contributed by atoms with Gasteiger partial charge >= 0.3 is 6.09 Å². The minimum absolute atomic E-state index is 0.118. The number of carbonyl (C=O) groups excluding carboxylic acids is 3. The van der Waals surface area contributed by atoms with Gasteiger partial charge in [0, 0.05) is 14.2 Å². The van der Waals surface area contributed by atoms with Gasteiger partial charge in [0.25, 0.3) is 5.91 Å². The van der Waals surface area contributed by atoms with E-state index in [0.29, 0.717) is 12.2 Å². The third-order valence-electron chi connectivity index (χ3n) is 9.48. The fourth-order valence-electron chi connectivity index (χ4n) is 7.13. The average molecular weight is 738 g/mol. The number of cyclic esters (lactones) is 1. The number of allylic oxidation sites excluding steroid dienone is 1. The summed E-state index contributed by atoms with van der Waals surface area (Å²) < 4.78 is 48.0. The van der Waals surface area contributed by atoms with E-state index in [1.165, 1.54) is 26.4 Å². The van der Waals surface area contributed by atoms with Gasteiger partial charge in [0.05, 0.1) is 32.5 Å². The van der Waals surface area contributed by atoms with Gasteiger partial charge in [-0.3, -0.25) is 9.59 Å². The summed E-state index contributed by atoms with van der Waals surface area (Å²) in [5.74, 6) is -0.991. The highest BCUT2D eigenvalue weighted by Crippen LogP contribution is 2.36. The number of amides is 2. The number of aliphatic hydroxyl groups excluding tert-OH is 1. The molecule has 3 aliphatic heterocycles. The first kappa shape index (κ1) is 40.2. The largest absolute Gasteiger partial charge is 0.479 e. The van der Waals surface area contributed by atoms with E-state index in [0.717, 1.165) is 16.0 Å². The Morgan fingerprint density at radius 2 is 1.53 bits per heavy atom. The standard InChI is InChI=1S/C40H51NO12/c1-25(2)36-40(3,4)53-39(45)41(36)37(44)34(46-5)31-29(43)20-19-28(51-31)18-13-21-48-35-33(50-24-27-16-11-8-12-17-27)32(30(22-42)52-38(35)47-6)49-23-26-14-9-7-10-15-26/h7-12,14-20,25,30-36,38,42H,13,21-24H2,1-6H3/t30-,31-,32-,33+,34+,35+,36+,38+/m1/s1. The maximum absolute atomic E-state index is 13.8. The van der Waals surface area contributed by atoms with Crippen LogP contribution in [0.4, 0.5) is 4.79 Å². The first-order valence-corrected chi connectivity index (χ1v) is 17.9. The molecule has 0 radical (unpaired) electrons. The summed E-state index contributed by atoms with van der Waals surface area (Å²) >= 11 is 0. The molecule has 0 unspecified atom stereocenters. The van der Waals surface area contributed by atoms with Crippen LogP contribution in [0, 0.1) is 5.92 Å². The van der Waals surface area contributed by atoms with Crippen molar-refractivity contribution in [3.8, 4) is 0 Å². The number of hydrogen-bond donors (Lipinski definition) is 1. The van der Waals surface area contributed by atoms with Gasteiger partial charge in [-0.25, -0.2) is 9.69 Å². The molecule has 0 aromatic heterocycles. The molecule has 2 saturated heterocycles. The Bertz CT molecular complexity index is 1580. The van der Waals surface area contributed by atoms with Gasteiger partial charge in [-0.05, 0) is 55.5 Å². The predicted octanol–water partition coefficient (Wildman–Crippen LogP) is 4.50. The molecule has 0 aliphatic carbocycles. The zero-order chi connectivity index (χ0) is 38.1. The van der Waals surface area contributed by atoms with Crippen molar-refractivity contribution >= 4 is 17.8 Å². The Balaban J connectivity index is 1.28. The molecular formula is C40H51NO12. The maximum atomic E-state index is 13.8. The normalized spacial score (nSPS) is 28.3. The lowest BCUT2D eigenvalue weighted by Gasteiger charge is -2.45. The predicted molar refractivity (Wildman–Crippen MR) is 191 cm³/mol. The van der Waals surface area contributed by atoms with Crippen molar-refractivity contribution in [2.24, 2.45) is 5.92 Å². The minimum Gasteiger partial charge on any atom is -0.479 e. The van der Waals surface area contributed by atoms with Crippen LogP contribution in [-0.2, 0) is 60.7 Å². The highest BCUT2D eigenvalue weighted by Gasteiger charge is 2.55. The van der Waals surface area contributed by atoms with Gasteiger partial charge in [-0.2, -0.15) is 0 Å². The van der Waals surface area contributed by atoms with Crippen molar-refractivity contribution in [1.82, 2.24) is 4.90 Å². The van der Waals surface area contributed by atoms with E-state index in [4.69, 9.17) is 37.9 Å². The van der Waals surface area contributed by atoms with E-state index in [-0.39, 0.29) is 32.3 Å². The van der Waals surface area contributed by atoms with Crippen molar-refractivity contribution in [2.45, 2.75) is 102 Å². The molecule has 0 saturated carbocycles. The van der Waals surface area contributed by atoms with Crippen LogP contribution in [0.25, 0.3) is 0 Å². The fraction of sp³-hybridized carbons (Fsp3) is 0.525. The SMILES string of the molecule is CO[C@H]1O[C@H](CO)[C@@H](OCc2ccccc2)[C@H](OCc2ccccc2)[C@@H]1OCCC=C1C=CC(=O)[C@H]([C@H](OC)C(=O)N2C(=O)OC(C)(C)[C@@H]2C(C)C)O1. The van der Waals surface area contributed by atoms with Crippen LogP contribution in [0.3, 0.4) is 0 Å². The Morgan fingerprint density at radius 3 is 2.09 bits per heavy atom. The number of benzene rings is 2. The number of nitrogens with zero attached hydrogens (tertiary/aromatic N) is 1. The van der Waals surface area contributed by atoms with Crippen molar-refractivity contribution in [3.63, 3.8) is 0 Å². The van der Waals surface area contributed by atoms with Crippen molar-refractivity contribution in [2.75, 3.05) is 27.4 Å². The monoisotopic (exact) mass is 737 g/mol. The van der Waals surface area contributed by atoms with Crippen LogP contribution in [0.1, 0.15) is 45.2 Å². The van der Waals surface area contributed by atoms with E-state index in [9.17, 15) is 19.5 Å². The number of hydrogen-bond acceptors (Lipinski definition) is 12. The van der Waals surface area contributed by atoms with Gasteiger partial charge < -0.3 is 43.0 Å². The molecule has 0 bridgehead atoms. The van der Waals surface area contributed by atoms with Crippen LogP contribution in [-0.4, -0.2) is 110 Å². The first-order valence-electron chi connectivity index (χ1n) is 17.9. The summed E-state index contributed by atoms with van der Waals surface area (Å²) in [6.45, 7) is 7.61. The zero-order valence-electron chi connectivity index (χ0n) is 31.1. The van der Waals surface area contributed by atoms with Gasteiger partial charge in [-0.1, -0.05) is 74.5 Å². The topological polar surface area (TPSA) is 149 Å². The van der Waals surface area contributed by atoms with Crippen LogP contribution in [0.15, 0.2) is 84.7 Å². The van der Waals surface area contributed by atoms with Gasteiger partial charge in [0.2, 0.25) is 0 Å². The molecule has 288 valence electrons. The zero-order valence-corrected chi connectivity index (χ0v) is 31.1. The second-order valence-corrected chi connectivity index (χ2v) is 14.0. The number of carbonyl (C=O) groups is 3. The molecule has 2 fully saturated rings. The molecule has 8 atom stereocenters. The average Bonchev–Trinajstić information content (AvgIpc) is 3.41. The Kier molecular flexibility index (Phi) is 14.0. The second-order valence-electron chi connectivity index (χ2n) is 14.0. The van der Waals surface area contributed by atoms with E-state index >= 15 is 0 Å². The lowest BCUT2D eigenvalue weighted by atomic mass is 9.88. The van der Waals surface area contributed by atoms with E-state index in [2.05, 4.69) is 0 Å². The molecule has 5 rings (SSSR count). The summed E-state index contributed by atoms with van der Waals surface area (Å²) in [7, 11) is 2.78. The van der Waals surface area contributed by atoms with Gasteiger partial charge in [0.1, 0.15) is 35.8 Å². The number of methoxy groups -OCH3 is 2. The van der Waals surface area contributed by atoms with E-state index in [1.807, 2.05) is 74.5 Å². The molecule has 13 nitrogen and oxygen atoms in total. The summed E-state index contributed by atoms with van der Waals surface area (Å²) in [4.78, 5) is 40.7. The summed E-state index contributed by atoms with van der Waals surface area (Å²) in [5, 5.41) is 10.3. The Labute approximate surface area is 310 Å². The third kappa shape index (κ3) is 9.60. The fourth-order valence-corrected chi connectivity index (χ4v) is 7.13.